The average molecular weight is 347 g/mol. The van der Waals surface area contributed by atoms with Crippen LogP contribution in [0, 0.1) is 0 Å². The molecule has 0 spiro atoms. The van der Waals surface area contributed by atoms with Gasteiger partial charge in [0.15, 0.2) is 0 Å². The highest BCUT2D eigenvalue weighted by atomic mass is 32.2. The number of nitrogens with zero attached hydrogens (tertiary/aromatic N) is 1. The quantitative estimate of drug-likeness (QED) is 0.749. The predicted octanol–water partition coefficient (Wildman–Crippen LogP) is 4.54. The number of aromatic nitrogens is 1. The summed E-state index contributed by atoms with van der Waals surface area (Å²) in [6.45, 7) is 0.770. The van der Waals surface area contributed by atoms with E-state index in [0.29, 0.717) is 5.75 Å². The largest absolute Gasteiger partial charge is 0.355 e. The van der Waals surface area contributed by atoms with Crippen molar-refractivity contribution in [3.05, 3.63) is 40.9 Å². The van der Waals surface area contributed by atoms with Gasteiger partial charge in [0.05, 0.1) is 16.0 Å². The van der Waals surface area contributed by atoms with Crippen molar-refractivity contribution in [1.82, 2.24) is 10.3 Å². The molecule has 0 saturated carbocycles. The molecule has 1 aromatic carbocycles. The molecule has 1 heterocycles. The number of rotatable bonds is 7. The number of allylic oxidation sites excluding steroid dienone is 1. The van der Waals surface area contributed by atoms with Gasteiger partial charge in [-0.25, -0.2) is 4.98 Å². The van der Waals surface area contributed by atoms with Crippen molar-refractivity contribution >= 4 is 39.2 Å². The number of benzene rings is 1. The Labute approximate surface area is 145 Å². The molecule has 0 saturated heterocycles. The second-order valence-corrected chi connectivity index (χ2v) is 7.88. The van der Waals surface area contributed by atoms with Crippen molar-refractivity contribution < 1.29 is 4.79 Å². The molecule has 0 unspecified atom stereocenters. The number of thiazole rings is 1. The first-order valence-electron chi connectivity index (χ1n) is 8.18. The molecule has 3 rings (SSSR count). The third kappa shape index (κ3) is 5.08. The van der Waals surface area contributed by atoms with Gasteiger partial charge >= 0.3 is 0 Å². The molecule has 2 aromatic rings. The van der Waals surface area contributed by atoms with Crippen LogP contribution in [0.4, 0.5) is 0 Å². The van der Waals surface area contributed by atoms with Gasteiger partial charge in [-0.2, -0.15) is 0 Å². The number of thioether (sulfide) groups is 1. The Morgan fingerprint density at radius 1 is 1.30 bits per heavy atom. The lowest BCUT2D eigenvalue weighted by Gasteiger charge is -2.12. The van der Waals surface area contributed by atoms with Gasteiger partial charge in [-0.15, -0.1) is 23.1 Å². The van der Waals surface area contributed by atoms with E-state index in [4.69, 9.17) is 0 Å². The summed E-state index contributed by atoms with van der Waals surface area (Å²) in [6, 6.07) is 8.17. The summed E-state index contributed by atoms with van der Waals surface area (Å²) in [7, 11) is 0. The van der Waals surface area contributed by atoms with Crippen LogP contribution in [-0.2, 0) is 10.5 Å². The summed E-state index contributed by atoms with van der Waals surface area (Å²) in [4.78, 5) is 16.5. The molecule has 5 heteroatoms. The van der Waals surface area contributed by atoms with Crippen LogP contribution in [0.25, 0.3) is 10.2 Å². The van der Waals surface area contributed by atoms with Crippen molar-refractivity contribution in [2.45, 2.75) is 37.9 Å². The summed E-state index contributed by atoms with van der Waals surface area (Å²) >= 11 is 3.35. The van der Waals surface area contributed by atoms with Gasteiger partial charge in [0, 0.05) is 12.3 Å². The Balaban J connectivity index is 1.35. The molecule has 3 nitrogen and oxygen atoms in total. The molecule has 1 N–H and O–H groups in total. The summed E-state index contributed by atoms with van der Waals surface area (Å²) in [5, 5.41) is 4.12. The topological polar surface area (TPSA) is 42.0 Å². The summed E-state index contributed by atoms with van der Waals surface area (Å²) in [5.41, 5.74) is 2.57. The zero-order valence-corrected chi connectivity index (χ0v) is 14.8. The molecule has 1 aliphatic carbocycles. The maximum atomic E-state index is 11.9. The molecule has 0 fully saturated rings. The molecular formula is C18H22N2OS2. The minimum atomic E-state index is 0.132. The minimum absolute atomic E-state index is 0.132. The van der Waals surface area contributed by atoms with Crippen LogP contribution in [0.1, 0.15) is 37.1 Å². The van der Waals surface area contributed by atoms with Gasteiger partial charge in [-0.1, -0.05) is 23.8 Å². The maximum Gasteiger partial charge on any atom is 0.230 e. The van der Waals surface area contributed by atoms with Gasteiger partial charge in [-0.05, 0) is 44.2 Å². The molecule has 0 atom stereocenters. The summed E-state index contributed by atoms with van der Waals surface area (Å²) in [6.07, 6.45) is 8.39. The molecule has 1 aromatic heterocycles. The lowest BCUT2D eigenvalue weighted by atomic mass is 9.97. The Bertz CT molecular complexity index is 660. The highest BCUT2D eigenvalue weighted by molar-refractivity contribution is 7.99. The van der Waals surface area contributed by atoms with Crippen molar-refractivity contribution in [3.8, 4) is 0 Å². The minimum Gasteiger partial charge on any atom is -0.355 e. The van der Waals surface area contributed by atoms with Crippen molar-refractivity contribution in [3.63, 3.8) is 0 Å². The van der Waals surface area contributed by atoms with Gasteiger partial charge < -0.3 is 5.32 Å². The molecule has 23 heavy (non-hydrogen) atoms. The maximum absolute atomic E-state index is 11.9. The zero-order valence-electron chi connectivity index (χ0n) is 13.2. The van der Waals surface area contributed by atoms with E-state index >= 15 is 0 Å². The van der Waals surface area contributed by atoms with Crippen LogP contribution < -0.4 is 5.32 Å². The summed E-state index contributed by atoms with van der Waals surface area (Å²) in [5.74, 6) is 1.44. The standard InChI is InChI=1S/C18H22N2OS2/c21-17(19-11-10-14-6-2-1-3-7-14)12-22-13-18-20-15-8-4-5-9-16(15)23-18/h4-6,8-9H,1-3,7,10-13H2,(H,19,21). The lowest BCUT2D eigenvalue weighted by molar-refractivity contribution is -0.118. The highest BCUT2D eigenvalue weighted by Crippen LogP contribution is 2.24. The molecule has 0 radical (unpaired) electrons. The Kier molecular flexibility index (Phi) is 6.11. The predicted molar refractivity (Wildman–Crippen MR) is 100.0 cm³/mol. The fourth-order valence-electron chi connectivity index (χ4n) is 2.76. The van der Waals surface area contributed by atoms with E-state index in [1.54, 1.807) is 23.1 Å². The molecule has 122 valence electrons. The van der Waals surface area contributed by atoms with Crippen LogP contribution in [0.3, 0.4) is 0 Å². The molecule has 0 bridgehead atoms. The van der Waals surface area contributed by atoms with Gasteiger partial charge in [0.25, 0.3) is 0 Å². The fourth-order valence-corrected chi connectivity index (χ4v) is 4.64. The number of hydrogen-bond donors (Lipinski definition) is 1. The second kappa shape index (κ2) is 8.50. The Hall–Kier alpha value is -1.33. The van der Waals surface area contributed by atoms with E-state index in [9.17, 15) is 4.79 Å². The number of para-hydroxylation sites is 1. The molecule has 1 amide bonds. The van der Waals surface area contributed by atoms with Crippen LogP contribution in [-0.4, -0.2) is 23.2 Å². The van der Waals surface area contributed by atoms with Crippen LogP contribution >= 0.6 is 23.1 Å². The van der Waals surface area contributed by atoms with E-state index in [0.717, 1.165) is 29.2 Å². The SMILES string of the molecule is O=C(CSCc1nc2ccccc2s1)NCCC1=CCCCC1. The first kappa shape index (κ1) is 16.5. The number of carbonyl (C=O) groups excluding carboxylic acids is 1. The number of fused-ring (bicyclic) bond motifs is 1. The number of amides is 1. The third-order valence-corrected chi connectivity index (χ3v) is 6.11. The first-order valence-corrected chi connectivity index (χ1v) is 10.2. The van der Waals surface area contributed by atoms with E-state index < -0.39 is 0 Å². The van der Waals surface area contributed by atoms with E-state index in [-0.39, 0.29) is 5.91 Å². The van der Waals surface area contributed by atoms with Crippen LogP contribution in [0.2, 0.25) is 0 Å². The van der Waals surface area contributed by atoms with Crippen molar-refractivity contribution in [1.29, 1.82) is 0 Å². The average Bonchev–Trinajstić information content (AvgIpc) is 2.98. The van der Waals surface area contributed by atoms with Gasteiger partial charge in [0.1, 0.15) is 5.01 Å². The monoisotopic (exact) mass is 346 g/mol. The van der Waals surface area contributed by atoms with Crippen LogP contribution in [0.15, 0.2) is 35.9 Å². The molecule has 0 aliphatic heterocycles. The zero-order chi connectivity index (χ0) is 15.9. The lowest BCUT2D eigenvalue weighted by Crippen LogP contribution is -2.26. The fraction of sp³-hybridized carbons (Fsp3) is 0.444. The van der Waals surface area contributed by atoms with E-state index in [1.807, 2.05) is 18.2 Å². The number of carbonyl (C=O) groups is 1. The van der Waals surface area contributed by atoms with Crippen LogP contribution in [0.5, 0.6) is 0 Å². The second-order valence-electron chi connectivity index (χ2n) is 5.78. The highest BCUT2D eigenvalue weighted by Gasteiger charge is 2.07. The third-order valence-electron chi connectivity index (χ3n) is 3.95. The van der Waals surface area contributed by atoms with E-state index in [1.165, 1.54) is 36.0 Å². The van der Waals surface area contributed by atoms with Gasteiger partial charge in [-0.3, -0.25) is 4.79 Å². The van der Waals surface area contributed by atoms with Gasteiger partial charge in [0.2, 0.25) is 5.91 Å². The smallest absolute Gasteiger partial charge is 0.230 e. The molecular weight excluding hydrogens is 324 g/mol. The van der Waals surface area contributed by atoms with Crippen molar-refractivity contribution in [2.24, 2.45) is 0 Å². The number of hydrogen-bond acceptors (Lipinski definition) is 4. The first-order chi connectivity index (χ1) is 11.3. The van der Waals surface area contributed by atoms with Crippen molar-refractivity contribution in [2.75, 3.05) is 12.3 Å². The Morgan fingerprint density at radius 2 is 2.22 bits per heavy atom. The summed E-state index contributed by atoms with van der Waals surface area (Å²) < 4.78 is 1.22. The van der Waals surface area contributed by atoms with E-state index in [2.05, 4.69) is 22.4 Å². The molecule has 1 aliphatic rings. The number of nitrogens with one attached hydrogen (secondary N) is 1. The Morgan fingerprint density at radius 3 is 3.04 bits per heavy atom. The normalized spacial score (nSPS) is 14.7.